The van der Waals surface area contributed by atoms with E-state index >= 15 is 0 Å². The van der Waals surface area contributed by atoms with Crippen molar-refractivity contribution >= 4 is 5.78 Å². The lowest BCUT2D eigenvalue weighted by Gasteiger charge is -2.30. The Morgan fingerprint density at radius 2 is 1.57 bits per heavy atom. The Morgan fingerprint density at radius 3 is 2.05 bits per heavy atom. The summed E-state index contributed by atoms with van der Waals surface area (Å²) in [5, 5.41) is 0. The molecule has 1 aromatic carbocycles. The Labute approximate surface area is 129 Å². The van der Waals surface area contributed by atoms with Crippen LogP contribution in [0.5, 0.6) is 0 Å². The molecule has 2 heteroatoms. The van der Waals surface area contributed by atoms with Gasteiger partial charge in [0.2, 0.25) is 0 Å². The van der Waals surface area contributed by atoms with Crippen LogP contribution in [0.15, 0.2) is 12.1 Å². The van der Waals surface area contributed by atoms with Crippen LogP contribution in [0.2, 0.25) is 0 Å². The molecule has 1 aromatic rings. The molecule has 21 heavy (non-hydrogen) atoms. The van der Waals surface area contributed by atoms with Gasteiger partial charge in [-0.05, 0) is 50.3 Å². The molecular formula is C19H29NO. The second-order valence-electron chi connectivity index (χ2n) is 6.88. The molecule has 0 spiro atoms. The van der Waals surface area contributed by atoms with Crippen LogP contribution in [0.4, 0.5) is 0 Å². The van der Waals surface area contributed by atoms with Crippen LogP contribution in [0.1, 0.15) is 60.8 Å². The normalized spacial score (nSPS) is 18.3. The van der Waals surface area contributed by atoms with E-state index in [9.17, 15) is 4.79 Å². The highest BCUT2D eigenvalue weighted by molar-refractivity contribution is 5.87. The molecule has 1 fully saturated rings. The van der Waals surface area contributed by atoms with Gasteiger partial charge in [0.05, 0.1) is 0 Å². The highest BCUT2D eigenvalue weighted by Crippen LogP contribution is 2.36. The van der Waals surface area contributed by atoms with Crippen molar-refractivity contribution in [3.05, 3.63) is 34.4 Å². The summed E-state index contributed by atoms with van der Waals surface area (Å²) in [7, 11) is 0. The zero-order chi connectivity index (χ0) is 15.5. The first kappa shape index (κ1) is 16.2. The van der Waals surface area contributed by atoms with Crippen molar-refractivity contribution in [1.29, 1.82) is 0 Å². The predicted molar refractivity (Wildman–Crippen MR) is 88.6 cm³/mol. The lowest BCUT2D eigenvalue weighted by Crippen LogP contribution is -2.39. The van der Waals surface area contributed by atoms with Crippen LogP contribution < -0.4 is 5.73 Å². The van der Waals surface area contributed by atoms with Crippen molar-refractivity contribution in [2.24, 2.45) is 11.1 Å². The third kappa shape index (κ3) is 3.55. The van der Waals surface area contributed by atoms with Crippen LogP contribution in [0.25, 0.3) is 0 Å². The number of aryl methyl sites for hydroxylation is 3. The highest BCUT2D eigenvalue weighted by atomic mass is 16.1. The molecule has 0 saturated heterocycles. The number of carbonyl (C=O) groups is 1. The van der Waals surface area contributed by atoms with E-state index in [0.717, 1.165) is 25.7 Å². The number of nitrogens with two attached hydrogens (primary N) is 1. The highest BCUT2D eigenvalue weighted by Gasteiger charge is 2.36. The zero-order valence-corrected chi connectivity index (χ0v) is 13.8. The van der Waals surface area contributed by atoms with Gasteiger partial charge in [0.1, 0.15) is 5.78 Å². The molecule has 0 aliphatic heterocycles. The minimum atomic E-state index is -0.264. The first-order chi connectivity index (χ1) is 9.98. The molecule has 0 unspecified atom stereocenters. The number of Topliss-reactive ketones (excluding diaryl/α,β-unsaturated/α-hetero) is 1. The standard InChI is InChI=1S/C19H29NO/c1-14-10-15(2)17(16(3)11-14)12-18(21)19(13-20)8-6-4-5-7-9-19/h10-11H,4-9,12-13,20H2,1-3H3. The van der Waals surface area contributed by atoms with Crippen molar-refractivity contribution in [3.63, 3.8) is 0 Å². The fourth-order valence-electron chi connectivity index (χ4n) is 3.84. The number of carbonyl (C=O) groups excluding carboxylic acids is 1. The Bertz CT molecular complexity index is 487. The maximum atomic E-state index is 13.0. The van der Waals surface area contributed by atoms with Gasteiger partial charge in [-0.1, -0.05) is 43.4 Å². The Kier molecular flexibility index (Phi) is 5.21. The van der Waals surface area contributed by atoms with Gasteiger partial charge < -0.3 is 5.73 Å². The number of hydrogen-bond acceptors (Lipinski definition) is 2. The van der Waals surface area contributed by atoms with E-state index in [1.54, 1.807) is 0 Å². The van der Waals surface area contributed by atoms with E-state index in [4.69, 9.17) is 5.73 Å². The van der Waals surface area contributed by atoms with E-state index in [0.29, 0.717) is 18.7 Å². The van der Waals surface area contributed by atoms with Crippen LogP contribution >= 0.6 is 0 Å². The SMILES string of the molecule is Cc1cc(C)c(CC(=O)C2(CN)CCCCCC2)c(C)c1. The molecule has 1 aliphatic carbocycles. The second-order valence-corrected chi connectivity index (χ2v) is 6.88. The van der Waals surface area contributed by atoms with Gasteiger partial charge >= 0.3 is 0 Å². The van der Waals surface area contributed by atoms with Gasteiger partial charge in [-0.25, -0.2) is 0 Å². The van der Waals surface area contributed by atoms with E-state index in [2.05, 4.69) is 32.9 Å². The molecule has 0 amide bonds. The maximum Gasteiger partial charge on any atom is 0.144 e. The molecule has 0 heterocycles. The fourth-order valence-corrected chi connectivity index (χ4v) is 3.84. The summed E-state index contributed by atoms with van der Waals surface area (Å²) in [5.41, 5.74) is 10.7. The molecule has 2 rings (SSSR count). The average Bonchev–Trinajstić information content (AvgIpc) is 2.68. The molecule has 0 atom stereocenters. The first-order valence-electron chi connectivity index (χ1n) is 8.28. The van der Waals surface area contributed by atoms with Crippen molar-refractivity contribution in [2.75, 3.05) is 6.54 Å². The van der Waals surface area contributed by atoms with Gasteiger partial charge in [-0.3, -0.25) is 4.79 Å². The zero-order valence-electron chi connectivity index (χ0n) is 13.8. The van der Waals surface area contributed by atoms with Gasteiger partial charge in [0.25, 0.3) is 0 Å². The van der Waals surface area contributed by atoms with Gasteiger partial charge in [0, 0.05) is 18.4 Å². The minimum absolute atomic E-state index is 0.264. The molecule has 0 aromatic heterocycles. The summed E-state index contributed by atoms with van der Waals surface area (Å²) in [6.07, 6.45) is 7.30. The van der Waals surface area contributed by atoms with Crippen molar-refractivity contribution in [1.82, 2.24) is 0 Å². The van der Waals surface area contributed by atoms with Crippen molar-refractivity contribution in [3.8, 4) is 0 Å². The Hall–Kier alpha value is -1.15. The van der Waals surface area contributed by atoms with Gasteiger partial charge in [-0.15, -0.1) is 0 Å². The van der Waals surface area contributed by atoms with E-state index in [-0.39, 0.29) is 5.41 Å². The second kappa shape index (κ2) is 6.74. The van der Waals surface area contributed by atoms with E-state index in [1.807, 2.05) is 0 Å². The summed E-state index contributed by atoms with van der Waals surface area (Å²) >= 11 is 0. The van der Waals surface area contributed by atoms with Crippen LogP contribution in [-0.4, -0.2) is 12.3 Å². The summed E-state index contributed by atoms with van der Waals surface area (Å²) in [5.74, 6) is 0.363. The van der Waals surface area contributed by atoms with Crippen molar-refractivity contribution < 1.29 is 4.79 Å². The van der Waals surface area contributed by atoms with Gasteiger partial charge in [0.15, 0.2) is 0 Å². The molecule has 1 saturated carbocycles. The number of ketones is 1. The van der Waals surface area contributed by atoms with Crippen molar-refractivity contribution in [2.45, 2.75) is 65.7 Å². The maximum absolute atomic E-state index is 13.0. The average molecular weight is 287 g/mol. The smallest absolute Gasteiger partial charge is 0.144 e. The molecule has 2 nitrogen and oxygen atoms in total. The number of benzene rings is 1. The Balaban J connectivity index is 2.23. The predicted octanol–water partition coefficient (Wildman–Crippen LogP) is 4.02. The van der Waals surface area contributed by atoms with Crippen LogP contribution in [0.3, 0.4) is 0 Å². The van der Waals surface area contributed by atoms with Gasteiger partial charge in [-0.2, -0.15) is 0 Å². The summed E-state index contributed by atoms with van der Waals surface area (Å²) in [4.78, 5) is 13.0. The molecule has 2 N–H and O–H groups in total. The topological polar surface area (TPSA) is 43.1 Å². The molecular weight excluding hydrogens is 258 g/mol. The number of hydrogen-bond donors (Lipinski definition) is 1. The van der Waals surface area contributed by atoms with Crippen LogP contribution in [0, 0.1) is 26.2 Å². The van der Waals surface area contributed by atoms with E-state index < -0.39 is 0 Å². The summed E-state index contributed by atoms with van der Waals surface area (Å²) < 4.78 is 0. The lowest BCUT2D eigenvalue weighted by atomic mass is 9.74. The fraction of sp³-hybridized carbons (Fsp3) is 0.632. The third-order valence-corrected chi connectivity index (χ3v) is 5.22. The van der Waals surface area contributed by atoms with Crippen LogP contribution in [-0.2, 0) is 11.2 Å². The summed E-state index contributed by atoms with van der Waals surface area (Å²) in [6.45, 7) is 6.85. The molecule has 0 bridgehead atoms. The largest absolute Gasteiger partial charge is 0.329 e. The van der Waals surface area contributed by atoms with E-state index in [1.165, 1.54) is 35.1 Å². The Morgan fingerprint density at radius 1 is 1.05 bits per heavy atom. The first-order valence-corrected chi connectivity index (χ1v) is 8.28. The monoisotopic (exact) mass is 287 g/mol. The number of rotatable bonds is 4. The summed E-state index contributed by atoms with van der Waals surface area (Å²) in [6, 6.07) is 4.36. The molecule has 1 aliphatic rings. The quantitative estimate of drug-likeness (QED) is 0.850. The lowest BCUT2D eigenvalue weighted by molar-refractivity contribution is -0.128. The minimum Gasteiger partial charge on any atom is -0.329 e. The third-order valence-electron chi connectivity index (χ3n) is 5.22. The molecule has 116 valence electrons. The molecule has 0 radical (unpaired) electrons.